The summed E-state index contributed by atoms with van der Waals surface area (Å²) in [4.78, 5) is 8.31. The fraction of sp³-hybridized carbons (Fsp3) is 0.429. The van der Waals surface area contributed by atoms with E-state index in [1.807, 2.05) is 25.5 Å². The van der Waals surface area contributed by atoms with E-state index < -0.39 is 0 Å². The first kappa shape index (κ1) is 13.5. The van der Waals surface area contributed by atoms with Gasteiger partial charge in [-0.1, -0.05) is 0 Å². The number of nitrogens with zero attached hydrogens (tertiary/aromatic N) is 3. The Morgan fingerprint density at radius 2 is 2.21 bits per heavy atom. The predicted octanol–water partition coefficient (Wildman–Crippen LogP) is 1.86. The van der Waals surface area contributed by atoms with E-state index in [2.05, 4.69) is 19.9 Å². The van der Waals surface area contributed by atoms with E-state index in [-0.39, 0.29) is 5.75 Å². The molecule has 0 aliphatic heterocycles. The monoisotopic (exact) mass is 260 g/mol. The Kier molecular flexibility index (Phi) is 4.92. The molecule has 5 heteroatoms. The largest absolute Gasteiger partial charge is 0.506 e. The van der Waals surface area contributed by atoms with E-state index in [0.717, 1.165) is 37.3 Å². The maximum atomic E-state index is 9.65. The summed E-state index contributed by atoms with van der Waals surface area (Å²) in [6.45, 7) is 4.45. The third kappa shape index (κ3) is 4.37. The molecule has 0 fully saturated rings. The average Bonchev–Trinajstić information content (AvgIpc) is 2.90. The highest BCUT2D eigenvalue weighted by molar-refractivity contribution is 5.27. The molecular formula is C14H20N4O. The smallest absolute Gasteiger partial charge is 0.138 e. The number of imidazole rings is 1. The molecule has 0 aromatic carbocycles. The molecule has 2 aromatic rings. The summed E-state index contributed by atoms with van der Waals surface area (Å²) in [5.41, 5.74) is 1.64. The van der Waals surface area contributed by atoms with Gasteiger partial charge in [0.05, 0.1) is 12.0 Å². The van der Waals surface area contributed by atoms with Gasteiger partial charge in [0.15, 0.2) is 0 Å². The molecule has 19 heavy (non-hydrogen) atoms. The lowest BCUT2D eigenvalue weighted by atomic mass is 10.2. The Bertz CT molecular complexity index is 496. The quantitative estimate of drug-likeness (QED) is 0.746. The molecule has 0 atom stereocenters. The number of hydrogen-bond donors (Lipinski definition) is 2. The highest BCUT2D eigenvalue weighted by atomic mass is 16.3. The van der Waals surface area contributed by atoms with E-state index in [1.165, 1.54) is 0 Å². The zero-order valence-electron chi connectivity index (χ0n) is 11.2. The average molecular weight is 260 g/mol. The Hall–Kier alpha value is -1.88. The van der Waals surface area contributed by atoms with Crippen LogP contribution in [0, 0.1) is 6.92 Å². The van der Waals surface area contributed by atoms with Crippen LogP contribution in [0.1, 0.15) is 24.2 Å². The van der Waals surface area contributed by atoms with Gasteiger partial charge in [-0.3, -0.25) is 4.98 Å². The van der Waals surface area contributed by atoms with Gasteiger partial charge in [0.25, 0.3) is 0 Å². The van der Waals surface area contributed by atoms with Crippen molar-refractivity contribution in [1.82, 2.24) is 19.9 Å². The molecule has 0 saturated carbocycles. The van der Waals surface area contributed by atoms with Gasteiger partial charge in [-0.15, -0.1) is 0 Å². The summed E-state index contributed by atoms with van der Waals surface area (Å²) < 4.78 is 2.08. The van der Waals surface area contributed by atoms with Gasteiger partial charge in [0.2, 0.25) is 0 Å². The molecule has 0 aliphatic rings. The molecule has 2 N–H and O–H groups in total. The minimum atomic E-state index is 0.261. The van der Waals surface area contributed by atoms with Gasteiger partial charge in [-0.25, -0.2) is 4.98 Å². The molecule has 0 unspecified atom stereocenters. The van der Waals surface area contributed by atoms with Crippen LogP contribution in [0.4, 0.5) is 0 Å². The molecule has 5 nitrogen and oxygen atoms in total. The van der Waals surface area contributed by atoms with E-state index in [1.54, 1.807) is 12.3 Å². The van der Waals surface area contributed by atoms with Crippen LogP contribution in [0.15, 0.2) is 30.9 Å². The van der Waals surface area contributed by atoms with Gasteiger partial charge < -0.3 is 15.0 Å². The van der Waals surface area contributed by atoms with Gasteiger partial charge in [-0.05, 0) is 38.4 Å². The van der Waals surface area contributed by atoms with Crippen LogP contribution in [0.5, 0.6) is 5.75 Å². The molecule has 2 heterocycles. The van der Waals surface area contributed by atoms with Gasteiger partial charge in [0, 0.05) is 31.2 Å². The van der Waals surface area contributed by atoms with Crippen LogP contribution in [-0.4, -0.2) is 26.2 Å². The fourth-order valence-corrected chi connectivity index (χ4v) is 1.90. The van der Waals surface area contributed by atoms with Crippen LogP contribution in [0.2, 0.25) is 0 Å². The highest BCUT2D eigenvalue weighted by Crippen LogP contribution is 2.13. The van der Waals surface area contributed by atoms with Crippen LogP contribution < -0.4 is 5.32 Å². The van der Waals surface area contributed by atoms with Gasteiger partial charge in [0.1, 0.15) is 5.75 Å². The van der Waals surface area contributed by atoms with Gasteiger partial charge in [-0.2, -0.15) is 0 Å². The van der Waals surface area contributed by atoms with Crippen LogP contribution >= 0.6 is 0 Å². The molecular weight excluding hydrogens is 240 g/mol. The van der Waals surface area contributed by atoms with Crippen LogP contribution in [0.3, 0.4) is 0 Å². The Labute approximate surface area is 113 Å². The lowest BCUT2D eigenvalue weighted by Gasteiger charge is -2.07. The van der Waals surface area contributed by atoms with Crippen molar-refractivity contribution in [3.05, 3.63) is 42.2 Å². The summed E-state index contributed by atoms with van der Waals surface area (Å²) in [6, 6.07) is 3.50. The predicted molar refractivity (Wildman–Crippen MR) is 73.8 cm³/mol. The molecule has 0 radical (unpaired) electrons. The molecule has 0 amide bonds. The van der Waals surface area contributed by atoms with Crippen molar-refractivity contribution in [2.24, 2.45) is 0 Å². The molecule has 0 bridgehead atoms. The van der Waals surface area contributed by atoms with Crippen LogP contribution in [0.25, 0.3) is 0 Å². The van der Waals surface area contributed by atoms with Crippen molar-refractivity contribution in [3.8, 4) is 5.75 Å². The number of aromatic nitrogens is 3. The molecule has 102 valence electrons. The zero-order chi connectivity index (χ0) is 13.5. The molecule has 2 aromatic heterocycles. The summed E-state index contributed by atoms with van der Waals surface area (Å²) >= 11 is 0. The van der Waals surface area contributed by atoms with E-state index >= 15 is 0 Å². The number of nitrogens with one attached hydrogen (secondary N) is 1. The summed E-state index contributed by atoms with van der Waals surface area (Å²) in [7, 11) is 0. The fourth-order valence-electron chi connectivity index (χ4n) is 1.90. The minimum Gasteiger partial charge on any atom is -0.506 e. The molecule has 0 aliphatic carbocycles. The van der Waals surface area contributed by atoms with E-state index in [0.29, 0.717) is 6.54 Å². The highest BCUT2D eigenvalue weighted by Gasteiger charge is 2.02. The van der Waals surface area contributed by atoms with E-state index in [9.17, 15) is 5.11 Å². The number of aromatic hydroxyl groups is 1. The topological polar surface area (TPSA) is 63.0 Å². The molecule has 0 spiro atoms. The first-order chi connectivity index (χ1) is 9.25. The van der Waals surface area contributed by atoms with Gasteiger partial charge >= 0.3 is 0 Å². The van der Waals surface area contributed by atoms with Crippen molar-refractivity contribution >= 4 is 0 Å². The number of unbranched alkanes of at least 4 members (excludes halogenated alkanes) is 1. The maximum absolute atomic E-state index is 9.65. The van der Waals surface area contributed by atoms with Crippen LogP contribution in [-0.2, 0) is 13.1 Å². The number of rotatable bonds is 7. The van der Waals surface area contributed by atoms with E-state index in [4.69, 9.17) is 0 Å². The number of aryl methyl sites for hydroxylation is 2. The normalized spacial score (nSPS) is 10.8. The second kappa shape index (κ2) is 6.89. The molecule has 0 saturated heterocycles. The molecule has 2 rings (SSSR count). The SMILES string of the molecule is Cc1ccc(O)c(CNCCCCn2ccnc2)n1. The maximum Gasteiger partial charge on any atom is 0.138 e. The van der Waals surface area contributed by atoms with Crippen molar-refractivity contribution in [3.63, 3.8) is 0 Å². The Morgan fingerprint density at radius 1 is 1.32 bits per heavy atom. The van der Waals surface area contributed by atoms with Crippen molar-refractivity contribution in [1.29, 1.82) is 0 Å². The number of pyridine rings is 1. The Morgan fingerprint density at radius 3 is 3.00 bits per heavy atom. The lowest BCUT2D eigenvalue weighted by molar-refractivity contribution is 0.458. The van der Waals surface area contributed by atoms with Crippen molar-refractivity contribution in [2.75, 3.05) is 6.54 Å². The van der Waals surface area contributed by atoms with Crippen molar-refractivity contribution < 1.29 is 5.11 Å². The lowest BCUT2D eigenvalue weighted by Crippen LogP contribution is -2.16. The summed E-state index contributed by atoms with van der Waals surface area (Å²) in [5.74, 6) is 0.261. The second-order valence-corrected chi connectivity index (χ2v) is 4.60. The standard InChI is InChI=1S/C14H20N4O/c1-12-4-5-14(19)13(17-12)10-15-6-2-3-8-18-9-7-16-11-18/h4-5,7,9,11,15,19H,2-3,6,8,10H2,1H3. The first-order valence-electron chi connectivity index (χ1n) is 6.57. The third-order valence-electron chi connectivity index (χ3n) is 2.96. The third-order valence-corrected chi connectivity index (χ3v) is 2.96. The Balaban J connectivity index is 1.62. The first-order valence-corrected chi connectivity index (χ1v) is 6.57. The number of hydrogen-bond acceptors (Lipinski definition) is 4. The zero-order valence-corrected chi connectivity index (χ0v) is 11.2. The second-order valence-electron chi connectivity index (χ2n) is 4.60. The minimum absolute atomic E-state index is 0.261. The summed E-state index contributed by atoms with van der Waals surface area (Å²) in [5, 5.41) is 13.0. The summed E-state index contributed by atoms with van der Waals surface area (Å²) in [6.07, 6.45) is 7.80. The van der Waals surface area contributed by atoms with Crippen molar-refractivity contribution in [2.45, 2.75) is 32.9 Å².